The number of ether oxygens (including phenoxy) is 2. The summed E-state index contributed by atoms with van der Waals surface area (Å²) < 4.78 is 24.3. The summed E-state index contributed by atoms with van der Waals surface area (Å²) in [6.45, 7) is 0.185. The second kappa shape index (κ2) is 7.79. The molecular weight excluding hydrogens is 395 g/mol. The minimum atomic E-state index is -1.28. The Bertz CT molecular complexity index is 1100. The average Bonchev–Trinajstić information content (AvgIpc) is 3.30. The molecule has 0 saturated carbocycles. The molecule has 3 aromatic rings. The van der Waals surface area contributed by atoms with Gasteiger partial charge < -0.3 is 19.6 Å². The summed E-state index contributed by atoms with van der Waals surface area (Å²) in [4.78, 5) is 19.6. The highest BCUT2D eigenvalue weighted by molar-refractivity contribution is 8.14. The fraction of sp³-hybridized carbons (Fsp3) is 0.238. The third-order valence-electron chi connectivity index (χ3n) is 4.74. The number of nitrogens with one attached hydrogen (secondary N) is 1. The Hall–Kier alpha value is -3.00. The van der Waals surface area contributed by atoms with Crippen LogP contribution in [0.5, 0.6) is 11.5 Å². The third kappa shape index (κ3) is 4.07. The van der Waals surface area contributed by atoms with Crippen LogP contribution in [0.3, 0.4) is 0 Å². The van der Waals surface area contributed by atoms with Crippen molar-refractivity contribution in [2.24, 2.45) is 4.99 Å². The molecule has 0 spiro atoms. The van der Waals surface area contributed by atoms with E-state index in [4.69, 9.17) is 9.47 Å². The smallest absolute Gasteiger partial charge is 0.332 e. The molecular formula is C21H19FN2O4S. The van der Waals surface area contributed by atoms with Crippen LogP contribution in [0.2, 0.25) is 0 Å². The van der Waals surface area contributed by atoms with Crippen molar-refractivity contribution >= 4 is 33.7 Å². The van der Waals surface area contributed by atoms with Gasteiger partial charge in [-0.15, -0.1) is 11.8 Å². The zero-order chi connectivity index (χ0) is 20.4. The lowest BCUT2D eigenvalue weighted by atomic mass is 9.96. The number of rotatable bonds is 7. The molecule has 2 N–H and O–H groups in total. The summed E-state index contributed by atoms with van der Waals surface area (Å²) in [7, 11) is 1.58. The molecule has 0 radical (unpaired) electrons. The first kappa shape index (κ1) is 19.3. The summed E-state index contributed by atoms with van der Waals surface area (Å²) >= 11 is 1.37. The highest BCUT2D eigenvalue weighted by Crippen LogP contribution is 2.33. The van der Waals surface area contributed by atoms with E-state index in [-0.39, 0.29) is 18.8 Å². The minimum absolute atomic E-state index is 0.185. The van der Waals surface area contributed by atoms with Gasteiger partial charge in [0.25, 0.3) is 0 Å². The number of benzene rings is 2. The van der Waals surface area contributed by atoms with Crippen LogP contribution in [-0.4, -0.2) is 46.1 Å². The van der Waals surface area contributed by atoms with Gasteiger partial charge in [-0.05, 0) is 41.8 Å². The number of aromatic amines is 1. The lowest BCUT2D eigenvalue weighted by molar-refractivity contribution is -0.142. The molecule has 8 heteroatoms. The summed E-state index contributed by atoms with van der Waals surface area (Å²) in [6, 6.07) is 13.5. The van der Waals surface area contributed by atoms with E-state index < -0.39 is 11.5 Å². The lowest BCUT2D eigenvalue weighted by Crippen LogP contribution is -2.39. The molecule has 0 amide bonds. The topological polar surface area (TPSA) is 83.9 Å². The quantitative estimate of drug-likeness (QED) is 0.613. The number of carboxylic acid groups (broad SMARTS) is 1. The number of carboxylic acids is 1. The zero-order valence-electron chi connectivity index (χ0n) is 15.6. The number of methoxy groups -OCH3 is 1. The monoisotopic (exact) mass is 414 g/mol. The predicted octanol–water partition coefficient (Wildman–Crippen LogP) is 3.91. The van der Waals surface area contributed by atoms with Crippen molar-refractivity contribution in [3.8, 4) is 11.5 Å². The molecule has 0 saturated heterocycles. The maximum Gasteiger partial charge on any atom is 0.332 e. The van der Waals surface area contributed by atoms with Gasteiger partial charge in [-0.2, -0.15) is 0 Å². The van der Waals surface area contributed by atoms with Crippen molar-refractivity contribution in [1.29, 1.82) is 0 Å². The molecule has 0 fully saturated rings. The van der Waals surface area contributed by atoms with E-state index in [1.807, 2.05) is 18.2 Å². The van der Waals surface area contributed by atoms with Crippen molar-refractivity contribution in [1.82, 2.24) is 4.98 Å². The van der Waals surface area contributed by atoms with Gasteiger partial charge in [0.2, 0.25) is 0 Å². The molecule has 0 aliphatic carbocycles. The highest BCUT2D eigenvalue weighted by Gasteiger charge is 2.43. The first-order valence-electron chi connectivity index (χ1n) is 8.96. The molecule has 150 valence electrons. The number of hydrogen-bond donors (Lipinski definition) is 2. The van der Waals surface area contributed by atoms with Crippen LogP contribution in [0.4, 0.5) is 4.39 Å². The van der Waals surface area contributed by atoms with E-state index in [2.05, 4.69) is 9.98 Å². The number of aliphatic imine (C=N–C) groups is 1. The first-order valence-corrected chi connectivity index (χ1v) is 9.95. The number of thioether (sulfide) groups is 1. The van der Waals surface area contributed by atoms with Crippen molar-refractivity contribution in [2.75, 3.05) is 19.5 Å². The second-order valence-electron chi connectivity index (χ2n) is 6.80. The van der Waals surface area contributed by atoms with Crippen molar-refractivity contribution in [3.05, 3.63) is 60.0 Å². The number of aliphatic carboxylic acids is 1. The normalized spacial score (nSPS) is 18.6. The number of hydrogen-bond acceptors (Lipinski definition) is 5. The Balaban J connectivity index is 1.51. The van der Waals surface area contributed by atoms with Gasteiger partial charge in [0.1, 0.15) is 29.0 Å². The van der Waals surface area contributed by atoms with Crippen LogP contribution >= 0.6 is 11.8 Å². The van der Waals surface area contributed by atoms with Crippen LogP contribution in [0.15, 0.2) is 53.5 Å². The Labute approximate surface area is 170 Å². The minimum Gasteiger partial charge on any atom is -0.497 e. The molecule has 1 unspecified atom stereocenters. The fourth-order valence-electron chi connectivity index (χ4n) is 3.26. The van der Waals surface area contributed by atoms with E-state index in [1.54, 1.807) is 25.3 Å². The fourth-order valence-corrected chi connectivity index (χ4v) is 4.34. The molecule has 0 bridgehead atoms. The summed E-state index contributed by atoms with van der Waals surface area (Å²) in [5, 5.41) is 11.3. The van der Waals surface area contributed by atoms with Gasteiger partial charge in [-0.3, -0.25) is 4.99 Å². The maximum atomic E-state index is 13.4. The second-order valence-corrected chi connectivity index (χ2v) is 7.85. The van der Waals surface area contributed by atoms with Crippen molar-refractivity contribution in [2.45, 2.75) is 12.0 Å². The Kier molecular flexibility index (Phi) is 5.19. The van der Waals surface area contributed by atoms with Gasteiger partial charge in [-0.1, -0.05) is 6.07 Å². The molecule has 1 aliphatic rings. The van der Waals surface area contributed by atoms with Crippen LogP contribution < -0.4 is 9.47 Å². The number of nitrogens with zero attached hydrogens (tertiary/aromatic N) is 1. The average molecular weight is 414 g/mol. The molecule has 2 heterocycles. The van der Waals surface area contributed by atoms with Crippen molar-refractivity contribution < 1.29 is 23.8 Å². The number of halogens is 1. The van der Waals surface area contributed by atoms with E-state index in [0.29, 0.717) is 33.5 Å². The van der Waals surface area contributed by atoms with Gasteiger partial charge in [0.15, 0.2) is 5.54 Å². The summed E-state index contributed by atoms with van der Waals surface area (Å²) in [5.74, 6) is 0.274. The van der Waals surface area contributed by atoms with Gasteiger partial charge in [-0.25, -0.2) is 9.18 Å². The molecule has 2 aromatic carbocycles. The molecule has 4 rings (SSSR count). The largest absolute Gasteiger partial charge is 0.497 e. The zero-order valence-corrected chi connectivity index (χ0v) is 16.5. The van der Waals surface area contributed by atoms with Gasteiger partial charge in [0, 0.05) is 29.5 Å². The van der Waals surface area contributed by atoms with E-state index in [1.165, 1.54) is 23.9 Å². The van der Waals surface area contributed by atoms with E-state index >= 15 is 0 Å². The molecule has 29 heavy (non-hydrogen) atoms. The Morgan fingerprint density at radius 3 is 2.90 bits per heavy atom. The van der Waals surface area contributed by atoms with Crippen LogP contribution in [0.1, 0.15) is 5.69 Å². The number of aromatic nitrogens is 1. The third-order valence-corrected chi connectivity index (χ3v) is 5.91. The first-order chi connectivity index (χ1) is 14.0. The van der Waals surface area contributed by atoms with Crippen molar-refractivity contribution in [3.63, 3.8) is 0 Å². The van der Waals surface area contributed by atoms with E-state index in [9.17, 15) is 14.3 Å². The molecule has 1 aromatic heterocycles. The number of carbonyl (C=O) groups is 1. The summed E-state index contributed by atoms with van der Waals surface area (Å²) in [5.41, 5.74) is 0.0565. The Morgan fingerprint density at radius 2 is 2.10 bits per heavy atom. The number of H-pyrrole nitrogens is 1. The van der Waals surface area contributed by atoms with Gasteiger partial charge >= 0.3 is 5.97 Å². The Morgan fingerprint density at radius 1 is 1.28 bits per heavy atom. The highest BCUT2D eigenvalue weighted by atomic mass is 32.2. The standard InChI is InChI=1S/C21H19FN2O4S/c1-27-16-3-2-4-17(9-16)28-11-19-24-21(12-29-19,20(25)26)10-15-7-13-5-6-14(22)8-18(13)23-15/h2-9,23H,10-12H2,1H3,(H,25,26). The van der Waals surface area contributed by atoms with Crippen LogP contribution in [0.25, 0.3) is 10.9 Å². The molecule has 1 aliphatic heterocycles. The lowest BCUT2D eigenvalue weighted by Gasteiger charge is -2.19. The van der Waals surface area contributed by atoms with Gasteiger partial charge in [0.05, 0.1) is 7.11 Å². The maximum absolute atomic E-state index is 13.4. The van der Waals surface area contributed by atoms with E-state index in [0.717, 1.165) is 5.39 Å². The molecule has 1 atom stereocenters. The van der Waals surface area contributed by atoms with Crippen LogP contribution in [-0.2, 0) is 11.2 Å². The van der Waals surface area contributed by atoms with Crippen LogP contribution in [0, 0.1) is 5.82 Å². The summed E-state index contributed by atoms with van der Waals surface area (Å²) in [6.07, 6.45) is 0.189. The predicted molar refractivity (Wildman–Crippen MR) is 111 cm³/mol. The number of fused-ring (bicyclic) bond motifs is 1. The SMILES string of the molecule is COc1cccc(OCC2=NC(Cc3cc4ccc(F)cc4[nH]3)(C(=O)O)CS2)c1. The molecule has 6 nitrogen and oxygen atoms in total.